The molecule has 1 fully saturated rings. The van der Waals surface area contributed by atoms with E-state index in [1.54, 1.807) is 0 Å². The van der Waals surface area contributed by atoms with Crippen LogP contribution in [0, 0.1) is 5.41 Å². The van der Waals surface area contributed by atoms with E-state index in [0.29, 0.717) is 24.4 Å². The van der Waals surface area contributed by atoms with Crippen molar-refractivity contribution in [2.75, 3.05) is 19.6 Å². The van der Waals surface area contributed by atoms with Crippen LogP contribution in [-0.2, 0) is 4.79 Å². The SMILES string of the molecule is C=C(CNC(C)C)CN1CCC(C)(C)CCC1=O. The molecule has 0 aromatic heterocycles. The first-order valence-corrected chi connectivity index (χ1v) is 6.98. The van der Waals surface area contributed by atoms with Gasteiger partial charge in [-0.05, 0) is 23.8 Å². The van der Waals surface area contributed by atoms with Crippen molar-refractivity contribution in [1.29, 1.82) is 0 Å². The summed E-state index contributed by atoms with van der Waals surface area (Å²) in [5, 5.41) is 3.34. The highest BCUT2D eigenvalue weighted by Gasteiger charge is 2.27. The largest absolute Gasteiger partial charge is 0.339 e. The number of rotatable bonds is 5. The number of carbonyl (C=O) groups is 1. The zero-order valence-corrected chi connectivity index (χ0v) is 12.4. The minimum absolute atomic E-state index is 0.284. The second-order valence-corrected chi connectivity index (χ2v) is 6.52. The van der Waals surface area contributed by atoms with Gasteiger partial charge in [-0.1, -0.05) is 34.3 Å². The van der Waals surface area contributed by atoms with E-state index in [1.165, 1.54) is 0 Å². The molecule has 18 heavy (non-hydrogen) atoms. The van der Waals surface area contributed by atoms with Gasteiger partial charge in [0, 0.05) is 32.1 Å². The van der Waals surface area contributed by atoms with Gasteiger partial charge in [0.05, 0.1) is 0 Å². The van der Waals surface area contributed by atoms with Crippen molar-refractivity contribution < 1.29 is 4.79 Å². The molecule has 1 aliphatic rings. The lowest BCUT2D eigenvalue weighted by Gasteiger charge is -2.24. The molecular formula is C15H28N2O. The van der Waals surface area contributed by atoms with Crippen LogP contribution in [0.3, 0.4) is 0 Å². The molecule has 1 heterocycles. The lowest BCUT2D eigenvalue weighted by atomic mass is 9.85. The maximum absolute atomic E-state index is 12.0. The number of hydrogen-bond donors (Lipinski definition) is 1. The van der Waals surface area contributed by atoms with E-state index in [9.17, 15) is 4.79 Å². The summed E-state index contributed by atoms with van der Waals surface area (Å²) in [4.78, 5) is 14.0. The molecule has 1 saturated heterocycles. The smallest absolute Gasteiger partial charge is 0.222 e. The first-order valence-electron chi connectivity index (χ1n) is 6.98. The van der Waals surface area contributed by atoms with Gasteiger partial charge in [-0.2, -0.15) is 0 Å². The van der Waals surface area contributed by atoms with Crippen LogP contribution in [0.2, 0.25) is 0 Å². The number of hydrogen-bond acceptors (Lipinski definition) is 2. The van der Waals surface area contributed by atoms with Crippen LogP contribution >= 0.6 is 0 Å². The normalized spacial score (nSPS) is 20.1. The summed E-state index contributed by atoms with van der Waals surface area (Å²) in [7, 11) is 0. The van der Waals surface area contributed by atoms with Crippen LogP contribution in [0.4, 0.5) is 0 Å². The lowest BCUT2D eigenvalue weighted by molar-refractivity contribution is -0.130. The van der Waals surface area contributed by atoms with Crippen molar-refractivity contribution >= 4 is 5.91 Å². The molecule has 0 bridgehead atoms. The molecule has 0 atom stereocenters. The predicted molar refractivity (Wildman–Crippen MR) is 76.5 cm³/mol. The van der Waals surface area contributed by atoms with E-state index in [2.05, 4.69) is 39.6 Å². The van der Waals surface area contributed by atoms with Gasteiger partial charge in [-0.15, -0.1) is 0 Å². The zero-order chi connectivity index (χ0) is 13.8. The van der Waals surface area contributed by atoms with E-state index in [-0.39, 0.29) is 5.91 Å². The molecule has 0 aromatic rings. The average Bonchev–Trinajstić information content (AvgIpc) is 2.39. The van der Waals surface area contributed by atoms with E-state index >= 15 is 0 Å². The Kier molecular flexibility index (Phi) is 5.39. The molecule has 0 spiro atoms. The summed E-state index contributed by atoms with van der Waals surface area (Å²) in [6, 6.07) is 0.459. The van der Waals surface area contributed by atoms with Gasteiger partial charge in [0.2, 0.25) is 5.91 Å². The number of carbonyl (C=O) groups excluding carboxylic acids is 1. The fourth-order valence-corrected chi connectivity index (χ4v) is 2.13. The van der Waals surface area contributed by atoms with E-state index in [4.69, 9.17) is 0 Å². The second kappa shape index (κ2) is 6.37. The number of nitrogens with one attached hydrogen (secondary N) is 1. The predicted octanol–water partition coefficient (Wildman–Crippen LogP) is 2.58. The van der Waals surface area contributed by atoms with Crippen molar-refractivity contribution in [3.63, 3.8) is 0 Å². The van der Waals surface area contributed by atoms with Gasteiger partial charge < -0.3 is 10.2 Å². The Hall–Kier alpha value is -0.830. The van der Waals surface area contributed by atoms with Gasteiger partial charge in [0.1, 0.15) is 0 Å². The molecule has 3 nitrogen and oxygen atoms in total. The second-order valence-electron chi connectivity index (χ2n) is 6.52. The third-order valence-electron chi connectivity index (χ3n) is 3.60. The van der Waals surface area contributed by atoms with Gasteiger partial charge in [0.25, 0.3) is 0 Å². The summed E-state index contributed by atoms with van der Waals surface area (Å²) >= 11 is 0. The minimum atomic E-state index is 0.284. The topological polar surface area (TPSA) is 32.3 Å². The minimum Gasteiger partial charge on any atom is -0.339 e. The number of likely N-dealkylation sites (tertiary alicyclic amines) is 1. The first kappa shape index (κ1) is 15.2. The lowest BCUT2D eigenvalue weighted by Crippen LogP contribution is -2.35. The molecule has 1 rings (SSSR count). The van der Waals surface area contributed by atoms with Gasteiger partial charge >= 0.3 is 0 Å². The standard InChI is InChI=1S/C15H28N2O/c1-12(2)16-10-13(3)11-17-9-8-15(4,5)7-6-14(17)18/h12,16H,3,6-11H2,1-2,4-5H3. The van der Waals surface area contributed by atoms with E-state index < -0.39 is 0 Å². The molecule has 0 aromatic carbocycles. The van der Waals surface area contributed by atoms with Crippen molar-refractivity contribution in [2.45, 2.75) is 53.0 Å². The van der Waals surface area contributed by atoms with Gasteiger partial charge in [-0.3, -0.25) is 4.79 Å². The summed E-state index contributed by atoms with van der Waals surface area (Å²) < 4.78 is 0. The molecule has 1 aliphatic heterocycles. The highest BCUT2D eigenvalue weighted by Crippen LogP contribution is 2.30. The highest BCUT2D eigenvalue weighted by molar-refractivity contribution is 5.76. The maximum atomic E-state index is 12.0. The van der Waals surface area contributed by atoms with Crippen molar-refractivity contribution in [2.24, 2.45) is 5.41 Å². The Morgan fingerprint density at radius 2 is 2.11 bits per heavy atom. The molecule has 0 aliphatic carbocycles. The number of amides is 1. The molecular weight excluding hydrogens is 224 g/mol. The Labute approximate surface area is 112 Å². The molecule has 1 N–H and O–H groups in total. The monoisotopic (exact) mass is 252 g/mol. The van der Waals surface area contributed by atoms with Crippen LogP contribution in [0.25, 0.3) is 0 Å². The van der Waals surface area contributed by atoms with E-state index in [1.807, 2.05) is 4.90 Å². The van der Waals surface area contributed by atoms with Crippen LogP contribution in [-0.4, -0.2) is 36.5 Å². The summed E-state index contributed by atoms with van der Waals surface area (Å²) in [5.74, 6) is 0.284. The van der Waals surface area contributed by atoms with Gasteiger partial charge in [-0.25, -0.2) is 0 Å². The zero-order valence-electron chi connectivity index (χ0n) is 12.4. The summed E-state index contributed by atoms with van der Waals surface area (Å²) in [6.07, 6.45) is 2.76. The molecule has 1 amide bonds. The Morgan fingerprint density at radius 1 is 1.44 bits per heavy atom. The quantitative estimate of drug-likeness (QED) is 0.763. The summed E-state index contributed by atoms with van der Waals surface area (Å²) in [5.41, 5.74) is 1.39. The first-order chi connectivity index (χ1) is 8.30. The molecule has 0 saturated carbocycles. The van der Waals surface area contributed by atoms with Crippen molar-refractivity contribution in [3.8, 4) is 0 Å². The van der Waals surface area contributed by atoms with Crippen molar-refractivity contribution in [3.05, 3.63) is 12.2 Å². The Morgan fingerprint density at radius 3 is 2.72 bits per heavy atom. The fraction of sp³-hybridized carbons (Fsp3) is 0.800. The van der Waals surface area contributed by atoms with Crippen LogP contribution in [0.5, 0.6) is 0 Å². The average molecular weight is 252 g/mol. The Balaban J connectivity index is 2.45. The number of nitrogens with zero attached hydrogens (tertiary/aromatic N) is 1. The van der Waals surface area contributed by atoms with Crippen LogP contribution < -0.4 is 5.32 Å². The van der Waals surface area contributed by atoms with Crippen LogP contribution in [0.1, 0.15) is 47.0 Å². The molecule has 3 heteroatoms. The third kappa shape index (κ3) is 5.21. The van der Waals surface area contributed by atoms with E-state index in [0.717, 1.165) is 31.5 Å². The fourth-order valence-electron chi connectivity index (χ4n) is 2.13. The molecule has 0 radical (unpaired) electrons. The third-order valence-corrected chi connectivity index (χ3v) is 3.60. The highest BCUT2D eigenvalue weighted by atomic mass is 16.2. The molecule has 0 unspecified atom stereocenters. The summed E-state index contributed by atoms with van der Waals surface area (Å²) in [6.45, 7) is 15.2. The van der Waals surface area contributed by atoms with Crippen molar-refractivity contribution in [1.82, 2.24) is 10.2 Å². The van der Waals surface area contributed by atoms with Crippen LogP contribution in [0.15, 0.2) is 12.2 Å². The molecule has 104 valence electrons. The maximum Gasteiger partial charge on any atom is 0.222 e. The van der Waals surface area contributed by atoms with Gasteiger partial charge in [0.15, 0.2) is 0 Å². The Bertz CT molecular complexity index is 308.